The van der Waals surface area contributed by atoms with Gasteiger partial charge in [0.2, 0.25) is 5.91 Å². The molecule has 1 aliphatic carbocycles. The lowest BCUT2D eigenvalue weighted by Gasteiger charge is -2.41. The van der Waals surface area contributed by atoms with Gasteiger partial charge < -0.3 is 10.4 Å². The molecule has 1 aliphatic rings. The molecule has 0 aliphatic heterocycles. The normalized spacial score (nSPS) is 21.1. The topological polar surface area (TPSA) is 108 Å². The molecule has 2 aromatic rings. The highest BCUT2D eigenvalue weighted by molar-refractivity contribution is 5.76. The average molecular weight is 380 g/mol. The minimum Gasteiger partial charge on any atom is -0.390 e. The van der Waals surface area contributed by atoms with Crippen molar-refractivity contribution in [1.29, 1.82) is 5.26 Å². The molecule has 0 atom stereocenters. The number of aliphatic hydroxyl groups is 1. The van der Waals surface area contributed by atoms with Crippen LogP contribution in [0.15, 0.2) is 35.1 Å². The van der Waals surface area contributed by atoms with Crippen LogP contribution in [0.2, 0.25) is 0 Å². The third-order valence-electron chi connectivity index (χ3n) is 4.91. The predicted molar refractivity (Wildman–Crippen MR) is 105 cm³/mol. The number of carbonyl (C=O) groups excluding carboxylic acids is 1. The Morgan fingerprint density at radius 1 is 1.43 bits per heavy atom. The number of benzene rings is 1. The first-order valence-electron chi connectivity index (χ1n) is 9.33. The summed E-state index contributed by atoms with van der Waals surface area (Å²) in [6.07, 6.45) is 1.01. The van der Waals surface area contributed by atoms with Crippen LogP contribution in [-0.2, 0) is 11.3 Å². The second-order valence-electron chi connectivity index (χ2n) is 7.96. The summed E-state index contributed by atoms with van der Waals surface area (Å²) in [5.41, 5.74) is 1.51. The maximum atomic E-state index is 12.6. The largest absolute Gasteiger partial charge is 0.390 e. The van der Waals surface area contributed by atoms with Crippen molar-refractivity contribution in [3.8, 4) is 17.2 Å². The number of amides is 1. The van der Waals surface area contributed by atoms with Crippen LogP contribution in [0.25, 0.3) is 11.1 Å². The molecular formula is C21H24N4O3. The highest BCUT2D eigenvalue weighted by Gasteiger charge is 2.39. The quantitative estimate of drug-likeness (QED) is 0.824. The van der Waals surface area contributed by atoms with Crippen molar-refractivity contribution >= 4 is 5.91 Å². The van der Waals surface area contributed by atoms with E-state index in [1.165, 1.54) is 10.7 Å². The Morgan fingerprint density at radius 3 is 2.75 bits per heavy atom. The molecule has 3 rings (SSSR count). The fourth-order valence-corrected chi connectivity index (χ4v) is 3.55. The van der Waals surface area contributed by atoms with E-state index in [1.807, 2.05) is 19.9 Å². The van der Waals surface area contributed by atoms with Gasteiger partial charge in [-0.25, -0.2) is 4.68 Å². The van der Waals surface area contributed by atoms with Crippen LogP contribution in [0, 0.1) is 11.3 Å². The number of hydrogen-bond donors (Lipinski definition) is 2. The van der Waals surface area contributed by atoms with Gasteiger partial charge in [0.1, 0.15) is 6.54 Å². The maximum absolute atomic E-state index is 12.6. The van der Waals surface area contributed by atoms with Gasteiger partial charge in [-0.2, -0.15) is 10.4 Å². The van der Waals surface area contributed by atoms with Crippen molar-refractivity contribution in [3.05, 3.63) is 51.9 Å². The SMILES string of the molecule is CC(C)c1nn(CC(=O)N[C@H]2C[C@@](C)(O)C2)c(=O)cc1-c1cccc(C#N)c1. The molecule has 0 bridgehead atoms. The molecule has 1 aromatic heterocycles. The first-order valence-corrected chi connectivity index (χ1v) is 9.33. The standard InChI is InChI=1S/C21H24N4O3/c1-13(2)20-17(15-6-4-5-14(7-15)11-22)8-19(27)25(24-20)12-18(26)23-16-9-21(3,28)10-16/h4-8,13,16,28H,9-10,12H2,1-3H3,(H,23,26)/t16-,21+. The summed E-state index contributed by atoms with van der Waals surface area (Å²) in [5, 5.41) is 26.1. The lowest BCUT2D eigenvalue weighted by molar-refractivity contribution is -0.125. The maximum Gasteiger partial charge on any atom is 0.267 e. The third kappa shape index (κ3) is 4.29. The van der Waals surface area contributed by atoms with Crippen molar-refractivity contribution in [1.82, 2.24) is 15.1 Å². The van der Waals surface area contributed by atoms with E-state index < -0.39 is 5.60 Å². The Morgan fingerprint density at radius 2 is 2.14 bits per heavy atom. The molecule has 1 heterocycles. The van der Waals surface area contributed by atoms with Gasteiger partial charge in [-0.3, -0.25) is 9.59 Å². The van der Waals surface area contributed by atoms with Crippen LogP contribution in [-0.4, -0.2) is 32.4 Å². The van der Waals surface area contributed by atoms with Gasteiger partial charge in [-0.1, -0.05) is 26.0 Å². The molecule has 146 valence electrons. The summed E-state index contributed by atoms with van der Waals surface area (Å²) in [6.45, 7) is 5.49. The van der Waals surface area contributed by atoms with Crippen molar-refractivity contribution in [2.24, 2.45) is 0 Å². The molecule has 1 amide bonds. The Balaban J connectivity index is 1.86. The van der Waals surface area contributed by atoms with E-state index in [0.717, 1.165) is 5.56 Å². The molecule has 0 radical (unpaired) electrons. The Bertz CT molecular complexity index is 993. The monoisotopic (exact) mass is 380 g/mol. The lowest BCUT2D eigenvalue weighted by atomic mass is 9.77. The van der Waals surface area contributed by atoms with Crippen LogP contribution in [0.5, 0.6) is 0 Å². The number of carbonyl (C=O) groups is 1. The van der Waals surface area contributed by atoms with E-state index in [0.29, 0.717) is 29.7 Å². The first-order chi connectivity index (χ1) is 13.2. The predicted octanol–water partition coefficient (Wildman–Crippen LogP) is 1.93. The molecule has 0 saturated heterocycles. The summed E-state index contributed by atoms with van der Waals surface area (Å²) in [5.74, 6) is -0.276. The summed E-state index contributed by atoms with van der Waals surface area (Å²) in [7, 11) is 0. The van der Waals surface area contributed by atoms with Gasteiger partial charge in [0.25, 0.3) is 5.56 Å². The lowest BCUT2D eigenvalue weighted by Crippen LogP contribution is -2.54. The smallest absolute Gasteiger partial charge is 0.267 e. The second-order valence-corrected chi connectivity index (χ2v) is 7.96. The Hall–Kier alpha value is -2.98. The van der Waals surface area contributed by atoms with Gasteiger partial charge in [-0.15, -0.1) is 0 Å². The number of aromatic nitrogens is 2. The van der Waals surface area contributed by atoms with Crippen LogP contribution in [0.3, 0.4) is 0 Å². The van der Waals surface area contributed by atoms with E-state index in [4.69, 9.17) is 5.26 Å². The molecule has 28 heavy (non-hydrogen) atoms. The summed E-state index contributed by atoms with van der Waals surface area (Å²) < 4.78 is 1.17. The average Bonchev–Trinajstić information content (AvgIpc) is 2.61. The first kappa shape index (κ1) is 19.8. The molecule has 1 saturated carbocycles. The fraction of sp³-hybridized carbons (Fsp3) is 0.429. The van der Waals surface area contributed by atoms with E-state index in [1.54, 1.807) is 25.1 Å². The second kappa shape index (κ2) is 7.56. The minimum absolute atomic E-state index is 0.0254. The Labute approximate surface area is 163 Å². The highest BCUT2D eigenvalue weighted by Crippen LogP contribution is 2.31. The van der Waals surface area contributed by atoms with Crippen molar-refractivity contribution < 1.29 is 9.90 Å². The molecule has 0 spiro atoms. The van der Waals surface area contributed by atoms with Gasteiger partial charge in [-0.05, 0) is 43.4 Å². The third-order valence-corrected chi connectivity index (χ3v) is 4.91. The van der Waals surface area contributed by atoms with Crippen LogP contribution >= 0.6 is 0 Å². The zero-order valence-corrected chi connectivity index (χ0v) is 16.3. The zero-order valence-electron chi connectivity index (χ0n) is 16.3. The molecule has 7 nitrogen and oxygen atoms in total. The zero-order chi connectivity index (χ0) is 20.5. The van der Waals surface area contributed by atoms with Gasteiger partial charge in [0.05, 0.1) is 22.9 Å². The Kier molecular flexibility index (Phi) is 5.34. The van der Waals surface area contributed by atoms with Gasteiger partial charge >= 0.3 is 0 Å². The minimum atomic E-state index is -0.725. The van der Waals surface area contributed by atoms with E-state index in [9.17, 15) is 14.7 Å². The number of nitrogens with one attached hydrogen (secondary N) is 1. The highest BCUT2D eigenvalue weighted by atomic mass is 16.3. The number of nitriles is 1. The molecule has 7 heteroatoms. The van der Waals surface area contributed by atoms with Crippen molar-refractivity contribution in [2.45, 2.75) is 57.7 Å². The molecule has 2 N–H and O–H groups in total. The number of hydrogen-bond acceptors (Lipinski definition) is 5. The van der Waals surface area contributed by atoms with E-state index >= 15 is 0 Å². The fourth-order valence-electron chi connectivity index (χ4n) is 3.55. The molecule has 1 aromatic carbocycles. The number of nitrogens with zero attached hydrogens (tertiary/aromatic N) is 3. The number of rotatable bonds is 5. The molecular weight excluding hydrogens is 356 g/mol. The van der Waals surface area contributed by atoms with Gasteiger partial charge in [0, 0.05) is 17.7 Å². The van der Waals surface area contributed by atoms with E-state index in [-0.39, 0.29) is 30.0 Å². The summed E-state index contributed by atoms with van der Waals surface area (Å²) in [4.78, 5) is 24.8. The van der Waals surface area contributed by atoms with E-state index in [2.05, 4.69) is 16.5 Å². The molecule has 0 unspecified atom stereocenters. The summed E-state index contributed by atoms with van der Waals surface area (Å²) >= 11 is 0. The van der Waals surface area contributed by atoms with Gasteiger partial charge in [0.15, 0.2) is 0 Å². The van der Waals surface area contributed by atoms with Crippen LogP contribution in [0.4, 0.5) is 0 Å². The van der Waals surface area contributed by atoms with Crippen molar-refractivity contribution in [3.63, 3.8) is 0 Å². The summed E-state index contributed by atoms with van der Waals surface area (Å²) in [6, 6.07) is 10.5. The molecule has 1 fully saturated rings. The van der Waals surface area contributed by atoms with Crippen molar-refractivity contribution in [2.75, 3.05) is 0 Å². The van der Waals surface area contributed by atoms with Crippen LogP contribution in [0.1, 0.15) is 50.8 Å². The van der Waals surface area contributed by atoms with Crippen LogP contribution < -0.4 is 10.9 Å².